The summed E-state index contributed by atoms with van der Waals surface area (Å²) in [7, 11) is 1.44. The van der Waals surface area contributed by atoms with Crippen molar-refractivity contribution in [1.82, 2.24) is 24.7 Å². The number of carbonyl (C=O) groups excluding carboxylic acids is 4. The van der Waals surface area contributed by atoms with E-state index in [1.807, 2.05) is 0 Å². The van der Waals surface area contributed by atoms with Crippen molar-refractivity contribution in [2.24, 2.45) is 4.99 Å². The number of urea groups is 1. The third kappa shape index (κ3) is 5.13. The molecule has 0 saturated carbocycles. The Labute approximate surface area is 209 Å². The number of alkyl halides is 3. The largest absolute Gasteiger partial charge is 0.418 e. The average molecular weight is 517 g/mol. The summed E-state index contributed by atoms with van der Waals surface area (Å²) in [5, 5.41) is 2.55. The van der Waals surface area contributed by atoms with Crippen LogP contribution in [0.1, 0.15) is 18.2 Å². The zero-order valence-corrected chi connectivity index (χ0v) is 20.0. The van der Waals surface area contributed by atoms with Gasteiger partial charge in [0.05, 0.1) is 30.7 Å². The number of hydrogen-bond donors (Lipinski definition) is 1. The number of fused-ring (bicyclic) bond motifs is 1. The minimum atomic E-state index is -4.58. The van der Waals surface area contributed by atoms with E-state index in [-0.39, 0.29) is 35.1 Å². The van der Waals surface area contributed by atoms with Gasteiger partial charge in [0.2, 0.25) is 5.91 Å². The molecule has 0 aromatic carbocycles. The monoisotopic (exact) mass is 517 g/mol. The van der Waals surface area contributed by atoms with E-state index in [2.05, 4.69) is 20.3 Å². The number of nitrogens with one attached hydrogen (secondary N) is 1. The number of anilines is 1. The number of pyridine rings is 2. The molecule has 0 radical (unpaired) electrons. The lowest BCUT2D eigenvalue weighted by Crippen LogP contribution is -2.65. The smallest absolute Gasteiger partial charge is 0.338 e. The lowest BCUT2D eigenvalue weighted by molar-refractivity contribution is -0.140. The molecule has 4 rings (SSSR count). The van der Waals surface area contributed by atoms with E-state index in [1.165, 1.54) is 61.4 Å². The fourth-order valence-electron chi connectivity index (χ4n) is 4.10. The van der Waals surface area contributed by atoms with Crippen LogP contribution < -0.4 is 5.32 Å². The molecule has 1 N–H and O–H groups in total. The third-order valence-corrected chi connectivity index (χ3v) is 5.87. The fraction of sp³-hybridized carbons (Fsp3) is 0.348. The molecule has 2 atom stereocenters. The van der Waals surface area contributed by atoms with Crippen molar-refractivity contribution >= 4 is 35.8 Å². The van der Waals surface area contributed by atoms with Gasteiger partial charge >= 0.3 is 12.2 Å². The van der Waals surface area contributed by atoms with Crippen LogP contribution in [-0.4, -0.2) is 87.0 Å². The molecule has 2 aliphatic rings. The Hall–Kier alpha value is -4.36. The number of hydrogen-bond acceptors (Lipinski definition) is 8. The normalized spacial score (nSPS) is 19.4. The lowest BCUT2D eigenvalue weighted by atomic mass is 10.1. The topological polar surface area (TPSA) is 128 Å². The van der Waals surface area contributed by atoms with Crippen molar-refractivity contribution in [2.45, 2.75) is 32.2 Å². The van der Waals surface area contributed by atoms with Gasteiger partial charge in [-0.15, -0.1) is 0 Å². The molecule has 0 bridgehead atoms. The van der Waals surface area contributed by atoms with Crippen LogP contribution in [0.2, 0.25) is 0 Å². The van der Waals surface area contributed by atoms with E-state index in [0.717, 1.165) is 11.0 Å². The highest BCUT2D eigenvalue weighted by atomic mass is 19.4. The summed E-state index contributed by atoms with van der Waals surface area (Å²) in [5.74, 6) is -1.54. The number of rotatable bonds is 6. The molecular weight excluding hydrogens is 495 g/mol. The highest BCUT2D eigenvalue weighted by Gasteiger charge is 2.50. The van der Waals surface area contributed by atoms with Crippen LogP contribution in [0.5, 0.6) is 0 Å². The zero-order valence-electron chi connectivity index (χ0n) is 20.0. The van der Waals surface area contributed by atoms with Gasteiger partial charge in [0.15, 0.2) is 12.2 Å². The van der Waals surface area contributed by atoms with Gasteiger partial charge in [-0.3, -0.25) is 24.3 Å². The Morgan fingerprint density at radius 3 is 2.57 bits per heavy atom. The van der Waals surface area contributed by atoms with Gasteiger partial charge in [-0.05, 0) is 32.0 Å². The summed E-state index contributed by atoms with van der Waals surface area (Å²) >= 11 is 0. The summed E-state index contributed by atoms with van der Waals surface area (Å²) in [5.41, 5.74) is -0.767. The lowest BCUT2D eigenvalue weighted by Gasteiger charge is -2.40. The number of ketones is 1. The van der Waals surface area contributed by atoms with Crippen LogP contribution in [-0.2, 0) is 20.6 Å². The van der Waals surface area contributed by atoms with Gasteiger partial charge in [0.25, 0.3) is 5.91 Å². The van der Waals surface area contributed by atoms with E-state index >= 15 is 0 Å². The number of aryl methyl sites for hydroxylation is 1. The van der Waals surface area contributed by atoms with Crippen LogP contribution in [0, 0.1) is 6.92 Å². The van der Waals surface area contributed by atoms with Gasteiger partial charge in [0.1, 0.15) is 11.6 Å². The van der Waals surface area contributed by atoms with Crippen molar-refractivity contribution in [3.8, 4) is 11.3 Å². The van der Waals surface area contributed by atoms with Gasteiger partial charge in [-0.1, -0.05) is 6.07 Å². The number of Topliss-reactive ketones (excluding diaryl/α,β-unsaturated/α-hetero) is 1. The molecule has 0 aliphatic carbocycles. The first-order valence-corrected chi connectivity index (χ1v) is 11.0. The second-order valence-corrected chi connectivity index (χ2v) is 8.63. The number of carbonyl (C=O) groups is 4. The minimum absolute atomic E-state index is 0.0739. The molecule has 1 fully saturated rings. The molecule has 2 unspecified atom stereocenters. The van der Waals surface area contributed by atoms with Crippen LogP contribution >= 0.6 is 0 Å². The van der Waals surface area contributed by atoms with Crippen molar-refractivity contribution < 1.29 is 32.3 Å². The molecule has 2 aromatic heterocycles. The maximum Gasteiger partial charge on any atom is 0.418 e. The Bertz CT molecular complexity index is 1310. The Kier molecular flexibility index (Phi) is 6.67. The molecule has 2 aromatic rings. The predicted octanol–water partition coefficient (Wildman–Crippen LogP) is 1.93. The van der Waals surface area contributed by atoms with Crippen molar-refractivity contribution in [3.63, 3.8) is 0 Å². The van der Waals surface area contributed by atoms with E-state index in [4.69, 9.17) is 0 Å². The number of halogens is 3. The summed E-state index contributed by atoms with van der Waals surface area (Å²) in [4.78, 5) is 65.3. The second kappa shape index (κ2) is 9.59. The molecule has 37 heavy (non-hydrogen) atoms. The molecule has 0 spiro atoms. The minimum Gasteiger partial charge on any atom is -0.338 e. The predicted molar refractivity (Wildman–Crippen MR) is 124 cm³/mol. The molecule has 2 aliphatic heterocycles. The average Bonchev–Trinajstić information content (AvgIpc) is 3.23. The highest BCUT2D eigenvalue weighted by molar-refractivity contribution is 6.05. The summed E-state index contributed by atoms with van der Waals surface area (Å²) < 4.78 is 39.8. The number of imide groups is 1. The van der Waals surface area contributed by atoms with E-state index < -0.39 is 48.3 Å². The molecule has 4 amide bonds. The third-order valence-electron chi connectivity index (χ3n) is 5.87. The van der Waals surface area contributed by atoms with Gasteiger partial charge in [-0.2, -0.15) is 13.2 Å². The van der Waals surface area contributed by atoms with Crippen molar-refractivity contribution in [1.29, 1.82) is 0 Å². The van der Waals surface area contributed by atoms with Crippen LogP contribution in [0.4, 0.5) is 23.8 Å². The van der Waals surface area contributed by atoms with E-state index in [9.17, 15) is 32.3 Å². The zero-order chi connectivity index (χ0) is 27.1. The Balaban J connectivity index is 1.48. The van der Waals surface area contributed by atoms with Crippen molar-refractivity contribution in [2.75, 3.05) is 25.5 Å². The number of amides is 4. The second-order valence-electron chi connectivity index (χ2n) is 8.63. The van der Waals surface area contributed by atoms with Gasteiger partial charge < -0.3 is 15.1 Å². The Morgan fingerprint density at radius 1 is 1.16 bits per heavy atom. The van der Waals surface area contributed by atoms with Crippen LogP contribution in [0.15, 0.2) is 35.5 Å². The standard InChI is InChI=1S/C23H22F3N7O4/c1-12(34)9-33-21(36)19-20(31(3)22(33)37)28-11-32(19)10-18(35)30-17-6-4-5-16(29-17)14-7-15(23(24,25)26)13(2)27-8-14/h4-8,11,19-20H,9-10H2,1-3H3,(H,29,30,35). The first-order chi connectivity index (χ1) is 17.4. The SMILES string of the molecule is CC(=O)CN1C(=O)C2C(N=CN2CC(=O)Nc2cccc(-c3cnc(C)c(C(F)(F)F)c3)n2)N(C)C1=O. The number of aromatic nitrogens is 2. The fourth-order valence-corrected chi connectivity index (χ4v) is 4.10. The molecule has 194 valence electrons. The molecule has 4 heterocycles. The number of aliphatic imine (C=N–C) groups is 1. The first-order valence-electron chi connectivity index (χ1n) is 11.0. The summed E-state index contributed by atoms with van der Waals surface area (Å²) in [6.07, 6.45) is -2.88. The van der Waals surface area contributed by atoms with Crippen LogP contribution in [0.25, 0.3) is 11.3 Å². The molecular formula is C23H22F3N7O4. The number of likely N-dealkylation sites (N-methyl/N-ethyl adjacent to an activating group) is 1. The Morgan fingerprint density at radius 2 is 1.89 bits per heavy atom. The highest BCUT2D eigenvalue weighted by Crippen LogP contribution is 2.33. The molecule has 11 nitrogen and oxygen atoms in total. The maximum absolute atomic E-state index is 13.3. The number of nitrogens with zero attached hydrogens (tertiary/aromatic N) is 6. The first kappa shape index (κ1) is 25.7. The van der Waals surface area contributed by atoms with Gasteiger partial charge in [0, 0.05) is 24.5 Å². The van der Waals surface area contributed by atoms with Gasteiger partial charge in [-0.25, -0.2) is 14.8 Å². The van der Waals surface area contributed by atoms with Crippen molar-refractivity contribution in [3.05, 3.63) is 41.7 Å². The summed E-state index contributed by atoms with van der Waals surface area (Å²) in [6.45, 7) is 1.78. The molecule has 1 saturated heterocycles. The van der Waals surface area contributed by atoms with Crippen LogP contribution in [0.3, 0.4) is 0 Å². The molecule has 14 heteroatoms. The maximum atomic E-state index is 13.3. The summed E-state index contributed by atoms with van der Waals surface area (Å²) in [6, 6.07) is 3.75. The van der Waals surface area contributed by atoms with E-state index in [0.29, 0.717) is 0 Å². The van der Waals surface area contributed by atoms with E-state index in [1.54, 1.807) is 0 Å². The quantitative estimate of drug-likeness (QED) is 0.620.